The SMILES string of the molecule is CC1(C)c2ccccc2-c2c1c1c3ccccc3n(-c3ccc(-c4cc(-c5ccccc5)nc(-c5ccccc5)c4)cc3)c1c1sc3ccccc3c21. The van der Waals surface area contributed by atoms with Gasteiger partial charge in [0.1, 0.15) is 0 Å². The number of pyridine rings is 1. The monoisotopic (exact) mass is 694 g/mol. The third kappa shape index (κ3) is 4.41. The lowest BCUT2D eigenvalue weighted by Crippen LogP contribution is -2.15. The molecule has 3 heterocycles. The van der Waals surface area contributed by atoms with Gasteiger partial charge in [-0.1, -0.05) is 147 Å². The minimum Gasteiger partial charge on any atom is -0.308 e. The Hall–Kier alpha value is -6.29. The largest absolute Gasteiger partial charge is 0.308 e. The fourth-order valence-corrected chi connectivity index (χ4v) is 10.2. The van der Waals surface area contributed by atoms with Crippen LogP contribution in [0.5, 0.6) is 0 Å². The van der Waals surface area contributed by atoms with Gasteiger partial charge in [-0.3, -0.25) is 0 Å². The zero-order valence-electron chi connectivity index (χ0n) is 29.5. The number of nitrogens with zero attached hydrogens (tertiary/aromatic N) is 2. The van der Waals surface area contributed by atoms with Crippen molar-refractivity contribution in [2.45, 2.75) is 19.3 Å². The molecular formula is C50H34N2S. The van der Waals surface area contributed by atoms with E-state index < -0.39 is 0 Å². The summed E-state index contributed by atoms with van der Waals surface area (Å²) in [7, 11) is 0. The average Bonchev–Trinajstić information content (AvgIpc) is 3.84. The van der Waals surface area contributed by atoms with Gasteiger partial charge in [0.15, 0.2) is 0 Å². The molecule has 0 bridgehead atoms. The van der Waals surface area contributed by atoms with Gasteiger partial charge in [-0.25, -0.2) is 4.98 Å². The summed E-state index contributed by atoms with van der Waals surface area (Å²) in [6, 6.07) is 61.6. The van der Waals surface area contributed by atoms with E-state index in [0.717, 1.165) is 39.3 Å². The summed E-state index contributed by atoms with van der Waals surface area (Å²) in [5.41, 5.74) is 15.6. The lowest BCUT2D eigenvalue weighted by molar-refractivity contribution is 0.667. The van der Waals surface area contributed by atoms with Crippen molar-refractivity contribution in [3.05, 3.63) is 181 Å². The molecule has 0 spiro atoms. The summed E-state index contributed by atoms with van der Waals surface area (Å²) in [6.45, 7) is 4.83. The van der Waals surface area contributed by atoms with E-state index in [1.807, 2.05) is 11.3 Å². The second kappa shape index (κ2) is 11.4. The van der Waals surface area contributed by atoms with Gasteiger partial charge >= 0.3 is 0 Å². The van der Waals surface area contributed by atoms with Crippen LogP contribution >= 0.6 is 11.3 Å². The van der Waals surface area contributed by atoms with Crippen LogP contribution < -0.4 is 0 Å². The molecule has 0 saturated heterocycles. The number of hydrogen-bond acceptors (Lipinski definition) is 2. The predicted octanol–water partition coefficient (Wildman–Crippen LogP) is 13.9. The van der Waals surface area contributed by atoms with Crippen LogP contribution in [0.4, 0.5) is 0 Å². The average molecular weight is 695 g/mol. The van der Waals surface area contributed by atoms with Crippen molar-refractivity contribution in [3.8, 4) is 50.5 Å². The van der Waals surface area contributed by atoms with E-state index in [1.165, 1.54) is 64.2 Å². The van der Waals surface area contributed by atoms with E-state index in [2.05, 4.69) is 188 Å². The number of fused-ring (bicyclic) bond motifs is 12. The third-order valence-electron chi connectivity index (χ3n) is 11.4. The molecule has 0 unspecified atom stereocenters. The van der Waals surface area contributed by atoms with Crippen molar-refractivity contribution < 1.29 is 0 Å². The normalized spacial score (nSPS) is 13.2. The maximum atomic E-state index is 5.13. The maximum absolute atomic E-state index is 5.13. The molecule has 250 valence electrons. The van der Waals surface area contributed by atoms with Crippen LogP contribution in [-0.2, 0) is 5.41 Å². The number of aromatic nitrogens is 2. The number of benzene rings is 7. The molecule has 10 aromatic rings. The summed E-state index contributed by atoms with van der Waals surface area (Å²) in [5, 5.41) is 5.39. The van der Waals surface area contributed by atoms with Crippen LogP contribution in [0.25, 0.3) is 92.4 Å². The summed E-state index contributed by atoms with van der Waals surface area (Å²) in [5.74, 6) is 0. The van der Waals surface area contributed by atoms with Gasteiger partial charge < -0.3 is 4.57 Å². The van der Waals surface area contributed by atoms with E-state index in [-0.39, 0.29) is 5.41 Å². The molecule has 0 N–H and O–H groups in total. The number of rotatable bonds is 4. The molecular weight excluding hydrogens is 661 g/mol. The second-order valence-corrected chi connectivity index (χ2v) is 15.8. The smallest absolute Gasteiger partial charge is 0.0723 e. The quantitative estimate of drug-likeness (QED) is 0.179. The molecule has 3 aromatic heterocycles. The predicted molar refractivity (Wildman–Crippen MR) is 225 cm³/mol. The van der Waals surface area contributed by atoms with Crippen molar-refractivity contribution in [3.63, 3.8) is 0 Å². The zero-order valence-corrected chi connectivity index (χ0v) is 30.3. The topological polar surface area (TPSA) is 17.8 Å². The first-order chi connectivity index (χ1) is 26.1. The minimum absolute atomic E-state index is 0.158. The fourth-order valence-electron chi connectivity index (χ4n) is 8.98. The minimum atomic E-state index is -0.158. The highest BCUT2D eigenvalue weighted by Gasteiger charge is 2.40. The Balaban J connectivity index is 1.18. The first kappa shape index (κ1) is 30.3. The van der Waals surface area contributed by atoms with Crippen molar-refractivity contribution >= 4 is 53.3 Å². The Kier molecular flexibility index (Phi) is 6.50. The van der Waals surface area contributed by atoms with Crippen molar-refractivity contribution in [2.24, 2.45) is 0 Å². The summed E-state index contributed by atoms with van der Waals surface area (Å²) < 4.78 is 5.21. The Morgan fingerprint density at radius 2 is 1.13 bits per heavy atom. The van der Waals surface area contributed by atoms with Gasteiger partial charge in [-0.15, -0.1) is 11.3 Å². The zero-order chi connectivity index (χ0) is 35.3. The van der Waals surface area contributed by atoms with Gasteiger partial charge in [0.05, 0.1) is 27.1 Å². The van der Waals surface area contributed by atoms with Gasteiger partial charge in [0.2, 0.25) is 0 Å². The van der Waals surface area contributed by atoms with E-state index in [1.54, 1.807) is 0 Å². The van der Waals surface area contributed by atoms with E-state index >= 15 is 0 Å². The van der Waals surface area contributed by atoms with E-state index in [4.69, 9.17) is 4.98 Å². The lowest BCUT2D eigenvalue weighted by atomic mass is 9.80. The Bertz CT molecular complexity index is 3000. The molecule has 0 atom stereocenters. The molecule has 11 rings (SSSR count). The van der Waals surface area contributed by atoms with Crippen molar-refractivity contribution in [1.82, 2.24) is 9.55 Å². The molecule has 0 aliphatic heterocycles. The van der Waals surface area contributed by atoms with Gasteiger partial charge in [0.25, 0.3) is 0 Å². The van der Waals surface area contributed by atoms with E-state index in [0.29, 0.717) is 0 Å². The highest BCUT2D eigenvalue weighted by atomic mass is 32.1. The third-order valence-corrected chi connectivity index (χ3v) is 12.5. The molecule has 7 aromatic carbocycles. The number of para-hydroxylation sites is 1. The maximum Gasteiger partial charge on any atom is 0.0723 e. The number of hydrogen-bond donors (Lipinski definition) is 0. The number of thiophene rings is 1. The van der Waals surface area contributed by atoms with Crippen molar-refractivity contribution in [2.75, 3.05) is 0 Å². The molecule has 53 heavy (non-hydrogen) atoms. The molecule has 0 amide bonds. The standard InChI is InChI=1S/C50H34N2S/c1-50(2)39-22-12-9-19-36(39)44-45-38-21-11-14-24-43(38)53-49(45)48-46(47(44)50)37-20-10-13-23-42(37)52(48)35-27-25-31(26-28-35)34-29-40(32-15-5-3-6-16-32)51-41(30-34)33-17-7-4-8-18-33/h3-30H,1-2H3. The Morgan fingerprint density at radius 3 is 1.85 bits per heavy atom. The molecule has 2 nitrogen and oxygen atoms in total. The van der Waals surface area contributed by atoms with Crippen LogP contribution in [0, 0.1) is 0 Å². The fraction of sp³-hybridized carbons (Fsp3) is 0.0600. The van der Waals surface area contributed by atoms with Gasteiger partial charge in [0, 0.05) is 48.5 Å². The molecule has 3 heteroatoms. The van der Waals surface area contributed by atoms with Crippen LogP contribution in [-0.4, -0.2) is 9.55 Å². The molecule has 1 aliphatic carbocycles. The van der Waals surface area contributed by atoms with Gasteiger partial charge in [-0.05, 0) is 69.8 Å². The van der Waals surface area contributed by atoms with Gasteiger partial charge in [-0.2, -0.15) is 0 Å². The van der Waals surface area contributed by atoms with Crippen molar-refractivity contribution in [1.29, 1.82) is 0 Å². The molecule has 0 radical (unpaired) electrons. The highest BCUT2D eigenvalue weighted by Crippen LogP contribution is 2.58. The highest BCUT2D eigenvalue weighted by molar-refractivity contribution is 7.26. The molecule has 1 aliphatic rings. The van der Waals surface area contributed by atoms with Crippen LogP contribution in [0.3, 0.4) is 0 Å². The summed E-state index contributed by atoms with van der Waals surface area (Å²) in [4.78, 5) is 5.13. The van der Waals surface area contributed by atoms with E-state index in [9.17, 15) is 0 Å². The Morgan fingerprint density at radius 1 is 0.528 bits per heavy atom. The van der Waals surface area contributed by atoms with Crippen LogP contribution in [0.1, 0.15) is 25.0 Å². The molecule has 0 fully saturated rings. The Labute approximate surface area is 312 Å². The first-order valence-electron chi connectivity index (χ1n) is 18.3. The van der Waals surface area contributed by atoms with Crippen LogP contribution in [0.15, 0.2) is 170 Å². The summed E-state index contributed by atoms with van der Waals surface area (Å²) in [6.07, 6.45) is 0. The molecule has 0 saturated carbocycles. The lowest BCUT2D eigenvalue weighted by Gasteiger charge is -2.23. The van der Waals surface area contributed by atoms with Crippen LogP contribution in [0.2, 0.25) is 0 Å². The summed E-state index contributed by atoms with van der Waals surface area (Å²) >= 11 is 1.93. The first-order valence-corrected chi connectivity index (χ1v) is 19.1. The second-order valence-electron chi connectivity index (χ2n) is 14.7.